The average molecular weight is 1050 g/mol. The molecule has 6 nitrogen and oxygen atoms in total. The van der Waals surface area contributed by atoms with Crippen molar-refractivity contribution in [3.63, 3.8) is 0 Å². The van der Waals surface area contributed by atoms with E-state index in [4.69, 9.17) is 14.2 Å². The van der Waals surface area contributed by atoms with Crippen molar-refractivity contribution >= 4 is 17.9 Å². The van der Waals surface area contributed by atoms with Crippen LogP contribution in [0.1, 0.15) is 284 Å². The summed E-state index contributed by atoms with van der Waals surface area (Å²) >= 11 is 0. The maximum absolute atomic E-state index is 12.8. The number of allylic oxidation sites excluding steroid dienone is 20. The quantitative estimate of drug-likeness (QED) is 0.0261. The Morgan fingerprint density at radius 2 is 0.513 bits per heavy atom. The third-order valence-corrected chi connectivity index (χ3v) is 13.2. The fourth-order valence-corrected chi connectivity index (χ4v) is 8.53. The van der Waals surface area contributed by atoms with E-state index in [9.17, 15) is 14.4 Å². The molecule has 76 heavy (non-hydrogen) atoms. The van der Waals surface area contributed by atoms with E-state index in [0.717, 1.165) is 135 Å². The van der Waals surface area contributed by atoms with Gasteiger partial charge in [-0.2, -0.15) is 0 Å². The van der Waals surface area contributed by atoms with E-state index in [1.165, 1.54) is 109 Å². The molecule has 0 fully saturated rings. The number of unbranched alkanes of at least 4 members (excludes halogenated alkanes) is 25. The van der Waals surface area contributed by atoms with E-state index in [1.54, 1.807) is 0 Å². The van der Waals surface area contributed by atoms with Crippen LogP contribution in [0.2, 0.25) is 0 Å². The summed E-state index contributed by atoms with van der Waals surface area (Å²) in [5, 5.41) is 0. The summed E-state index contributed by atoms with van der Waals surface area (Å²) in [6.07, 6.45) is 87.8. The molecule has 0 rings (SSSR count). The Bertz CT molecular complexity index is 1590. The second kappa shape index (κ2) is 63.3. The molecule has 0 aromatic rings. The van der Waals surface area contributed by atoms with Crippen molar-refractivity contribution in [3.8, 4) is 0 Å². The van der Waals surface area contributed by atoms with Crippen LogP contribution in [0.4, 0.5) is 0 Å². The van der Waals surface area contributed by atoms with Crippen LogP contribution in [-0.2, 0) is 28.6 Å². The molecule has 0 saturated carbocycles. The Balaban J connectivity index is 4.23. The zero-order chi connectivity index (χ0) is 55.0. The van der Waals surface area contributed by atoms with Gasteiger partial charge >= 0.3 is 17.9 Å². The molecule has 6 heteroatoms. The molecule has 0 aliphatic carbocycles. The summed E-state index contributed by atoms with van der Waals surface area (Å²) in [7, 11) is 0. The highest BCUT2D eigenvalue weighted by Crippen LogP contribution is 2.15. The van der Waals surface area contributed by atoms with E-state index in [-0.39, 0.29) is 31.1 Å². The van der Waals surface area contributed by atoms with E-state index in [2.05, 4.69) is 142 Å². The van der Waals surface area contributed by atoms with Crippen LogP contribution in [0.5, 0.6) is 0 Å². The zero-order valence-electron chi connectivity index (χ0n) is 49.5. The molecule has 1 atom stereocenters. The fraction of sp³-hybridized carbons (Fsp3) is 0.671. The van der Waals surface area contributed by atoms with Gasteiger partial charge in [-0.05, 0) is 96.3 Å². The first-order chi connectivity index (χ1) is 37.5. The number of esters is 3. The maximum Gasteiger partial charge on any atom is 0.306 e. The van der Waals surface area contributed by atoms with Gasteiger partial charge in [-0.15, -0.1) is 0 Å². The molecule has 0 saturated heterocycles. The Labute approximate surface area is 469 Å². The van der Waals surface area contributed by atoms with Crippen molar-refractivity contribution in [3.05, 3.63) is 122 Å². The predicted octanol–water partition coefficient (Wildman–Crippen LogP) is 21.6. The Morgan fingerprint density at radius 3 is 0.803 bits per heavy atom. The van der Waals surface area contributed by atoms with Crippen molar-refractivity contribution in [2.24, 2.45) is 0 Å². The van der Waals surface area contributed by atoms with Crippen LogP contribution in [0, 0.1) is 0 Å². The highest BCUT2D eigenvalue weighted by atomic mass is 16.6. The molecule has 0 aliphatic heterocycles. The summed E-state index contributed by atoms with van der Waals surface area (Å²) in [6.45, 7) is 6.50. The van der Waals surface area contributed by atoms with Gasteiger partial charge < -0.3 is 14.2 Å². The average Bonchev–Trinajstić information content (AvgIpc) is 3.42. The van der Waals surface area contributed by atoms with Crippen LogP contribution < -0.4 is 0 Å². The number of carbonyl (C=O) groups excluding carboxylic acids is 3. The van der Waals surface area contributed by atoms with Crippen molar-refractivity contribution in [2.45, 2.75) is 290 Å². The SMILES string of the molecule is CC/C=C\C/C=C\C/C=C\C/C=C\C/C=C\C/C=C\C/C=C\C/C=C\C/C=C\C/C=C\CCCCCCC(=O)OCC(COC(=O)CCCCCCCCCCCCC)OC(=O)CCCCCCCCCCCCCC. The lowest BCUT2D eigenvalue weighted by molar-refractivity contribution is -0.167. The standard InChI is InChI=1S/C70H116O6/c1-4-7-10-13-16-19-22-24-25-26-27-28-29-30-31-32-33-34-35-36-37-38-39-40-41-42-43-44-45-46-49-51-54-57-60-63-69(72)75-66-67(65-74-68(71)62-59-56-53-50-47-21-18-15-12-9-6-3)76-70(73)64-61-58-55-52-48-23-20-17-14-11-8-5-2/h7,10,16,19,24-25,27-28,30-31,33-34,36-37,39-40,42-43,45-46,67H,4-6,8-9,11-15,17-18,20-23,26,29,32,35,38,41,44,47-66H2,1-3H3/b10-7-,19-16-,25-24-,28-27-,31-30-,34-33-,37-36-,40-39-,43-42-,46-45-. The molecule has 0 amide bonds. The minimum atomic E-state index is -0.786. The van der Waals surface area contributed by atoms with Gasteiger partial charge in [0.05, 0.1) is 0 Å². The smallest absolute Gasteiger partial charge is 0.306 e. The summed E-state index contributed by atoms with van der Waals surface area (Å²) in [5.41, 5.74) is 0. The summed E-state index contributed by atoms with van der Waals surface area (Å²) < 4.78 is 16.8. The summed E-state index contributed by atoms with van der Waals surface area (Å²) in [4.78, 5) is 38.1. The van der Waals surface area contributed by atoms with Crippen molar-refractivity contribution in [2.75, 3.05) is 13.2 Å². The van der Waals surface area contributed by atoms with Gasteiger partial charge in [0.1, 0.15) is 13.2 Å². The van der Waals surface area contributed by atoms with E-state index in [1.807, 2.05) is 0 Å². The van der Waals surface area contributed by atoms with Crippen molar-refractivity contribution in [1.82, 2.24) is 0 Å². The van der Waals surface area contributed by atoms with Gasteiger partial charge in [-0.25, -0.2) is 0 Å². The molecular weight excluding hydrogens is 937 g/mol. The molecule has 0 aromatic carbocycles. The number of rotatable bonds is 56. The van der Waals surface area contributed by atoms with Gasteiger partial charge in [0, 0.05) is 19.3 Å². The topological polar surface area (TPSA) is 78.9 Å². The van der Waals surface area contributed by atoms with E-state index >= 15 is 0 Å². The minimum Gasteiger partial charge on any atom is -0.462 e. The molecule has 0 heterocycles. The second-order valence-corrected chi connectivity index (χ2v) is 20.6. The van der Waals surface area contributed by atoms with Crippen molar-refractivity contribution in [1.29, 1.82) is 0 Å². The number of hydrogen-bond acceptors (Lipinski definition) is 6. The molecule has 432 valence electrons. The van der Waals surface area contributed by atoms with Gasteiger partial charge in [-0.3, -0.25) is 14.4 Å². The molecule has 0 aliphatic rings. The van der Waals surface area contributed by atoms with Gasteiger partial charge in [0.25, 0.3) is 0 Å². The van der Waals surface area contributed by atoms with Gasteiger partial charge in [0.2, 0.25) is 0 Å². The van der Waals surface area contributed by atoms with Crippen LogP contribution in [0.3, 0.4) is 0 Å². The zero-order valence-corrected chi connectivity index (χ0v) is 49.5. The molecular formula is C70H116O6. The lowest BCUT2D eigenvalue weighted by atomic mass is 10.0. The highest BCUT2D eigenvalue weighted by Gasteiger charge is 2.19. The largest absolute Gasteiger partial charge is 0.462 e. The van der Waals surface area contributed by atoms with Gasteiger partial charge in [0.15, 0.2) is 6.10 Å². The minimum absolute atomic E-state index is 0.0835. The number of ether oxygens (including phenoxy) is 3. The fourth-order valence-electron chi connectivity index (χ4n) is 8.53. The third-order valence-electron chi connectivity index (χ3n) is 13.2. The van der Waals surface area contributed by atoms with Gasteiger partial charge in [-0.1, -0.05) is 290 Å². The molecule has 0 spiro atoms. The molecule has 0 radical (unpaired) electrons. The molecule has 0 aromatic heterocycles. The highest BCUT2D eigenvalue weighted by molar-refractivity contribution is 5.71. The third kappa shape index (κ3) is 60.7. The lowest BCUT2D eigenvalue weighted by Crippen LogP contribution is -2.30. The second-order valence-electron chi connectivity index (χ2n) is 20.6. The normalized spacial score (nSPS) is 12.9. The van der Waals surface area contributed by atoms with E-state index < -0.39 is 6.10 Å². The first-order valence-corrected chi connectivity index (χ1v) is 31.5. The summed E-state index contributed by atoms with van der Waals surface area (Å²) in [6, 6.07) is 0. The van der Waals surface area contributed by atoms with Crippen LogP contribution in [0.15, 0.2) is 122 Å². The number of carbonyl (C=O) groups is 3. The summed E-state index contributed by atoms with van der Waals surface area (Å²) in [5.74, 6) is -0.907. The van der Waals surface area contributed by atoms with Crippen molar-refractivity contribution < 1.29 is 28.6 Å². The predicted molar refractivity (Wildman–Crippen MR) is 330 cm³/mol. The van der Waals surface area contributed by atoms with Crippen LogP contribution >= 0.6 is 0 Å². The lowest BCUT2D eigenvalue weighted by Gasteiger charge is -2.18. The Hall–Kier alpha value is -4.19. The first kappa shape index (κ1) is 71.8. The number of hydrogen-bond donors (Lipinski definition) is 0. The molecule has 1 unspecified atom stereocenters. The Kier molecular flexibility index (Phi) is 59.9. The maximum atomic E-state index is 12.8. The Morgan fingerprint density at radius 1 is 0.276 bits per heavy atom. The molecule has 0 N–H and O–H groups in total. The first-order valence-electron chi connectivity index (χ1n) is 31.5. The monoisotopic (exact) mass is 1050 g/mol. The molecule has 0 bridgehead atoms. The van der Waals surface area contributed by atoms with Crippen LogP contribution in [-0.4, -0.2) is 37.2 Å². The van der Waals surface area contributed by atoms with Crippen LogP contribution in [0.25, 0.3) is 0 Å². The van der Waals surface area contributed by atoms with E-state index in [0.29, 0.717) is 19.3 Å².